The molecule has 0 aliphatic carbocycles. The number of aryl methyl sites for hydroxylation is 2. The first-order valence-electron chi connectivity index (χ1n) is 11.1. The van der Waals surface area contributed by atoms with Gasteiger partial charge < -0.3 is 9.26 Å². The van der Waals surface area contributed by atoms with E-state index in [-0.39, 0.29) is 0 Å². The van der Waals surface area contributed by atoms with Crippen molar-refractivity contribution in [1.82, 2.24) is 19.9 Å². The standard InChI is InChI=1S/C23H34N4O2/c1-18-6-3-4-7-21(18)15-26-11-9-20(10-12-26)14-27(16-22-8-5-13-28-22)17-23-24-19(2)25-29-23/h3-4,6-7,20,22H,5,8-17H2,1-2H3. The maximum absolute atomic E-state index is 5.89. The zero-order valence-corrected chi connectivity index (χ0v) is 17.8. The second-order valence-electron chi connectivity index (χ2n) is 8.71. The fourth-order valence-corrected chi connectivity index (χ4v) is 4.60. The zero-order chi connectivity index (χ0) is 20.1. The van der Waals surface area contributed by atoms with Crippen LogP contribution in [0.2, 0.25) is 0 Å². The van der Waals surface area contributed by atoms with Gasteiger partial charge in [0.05, 0.1) is 12.6 Å². The van der Waals surface area contributed by atoms with Gasteiger partial charge in [0.15, 0.2) is 5.82 Å². The molecule has 6 nitrogen and oxygen atoms in total. The third kappa shape index (κ3) is 5.87. The summed E-state index contributed by atoms with van der Waals surface area (Å²) in [7, 11) is 0. The van der Waals surface area contributed by atoms with Gasteiger partial charge in [-0.1, -0.05) is 29.4 Å². The zero-order valence-electron chi connectivity index (χ0n) is 17.8. The first-order valence-corrected chi connectivity index (χ1v) is 11.1. The van der Waals surface area contributed by atoms with E-state index in [1.807, 2.05) is 6.92 Å². The minimum atomic E-state index is 0.347. The van der Waals surface area contributed by atoms with Crippen LogP contribution in [0.5, 0.6) is 0 Å². The van der Waals surface area contributed by atoms with Gasteiger partial charge >= 0.3 is 0 Å². The SMILES string of the molecule is Cc1noc(CN(CC2CCN(Cc3ccccc3C)CC2)CC2CCCO2)n1. The fourth-order valence-electron chi connectivity index (χ4n) is 4.60. The van der Waals surface area contributed by atoms with Crippen LogP contribution in [0.15, 0.2) is 28.8 Å². The highest BCUT2D eigenvalue weighted by Gasteiger charge is 2.26. The van der Waals surface area contributed by atoms with Gasteiger partial charge in [-0.3, -0.25) is 9.80 Å². The minimum absolute atomic E-state index is 0.347. The van der Waals surface area contributed by atoms with Gasteiger partial charge in [-0.25, -0.2) is 0 Å². The van der Waals surface area contributed by atoms with Crippen molar-refractivity contribution in [2.24, 2.45) is 5.92 Å². The number of nitrogens with zero attached hydrogens (tertiary/aromatic N) is 4. The Morgan fingerprint density at radius 2 is 1.93 bits per heavy atom. The first-order chi connectivity index (χ1) is 14.2. The Labute approximate surface area is 174 Å². The van der Waals surface area contributed by atoms with Gasteiger partial charge in [-0.2, -0.15) is 4.98 Å². The van der Waals surface area contributed by atoms with E-state index in [0.717, 1.165) is 45.1 Å². The molecule has 0 N–H and O–H groups in total. The van der Waals surface area contributed by atoms with Crippen molar-refractivity contribution in [3.05, 3.63) is 47.1 Å². The van der Waals surface area contributed by atoms with E-state index >= 15 is 0 Å². The number of hydrogen-bond donors (Lipinski definition) is 0. The number of rotatable bonds is 8. The third-order valence-electron chi connectivity index (χ3n) is 6.29. The lowest BCUT2D eigenvalue weighted by molar-refractivity contribution is 0.0529. The molecule has 0 saturated carbocycles. The van der Waals surface area contributed by atoms with E-state index in [2.05, 4.69) is 51.1 Å². The fraction of sp³-hybridized carbons (Fsp3) is 0.652. The lowest BCUT2D eigenvalue weighted by Crippen LogP contribution is -2.40. The van der Waals surface area contributed by atoms with Gasteiger partial charge in [0.1, 0.15) is 0 Å². The monoisotopic (exact) mass is 398 g/mol. The largest absolute Gasteiger partial charge is 0.377 e. The van der Waals surface area contributed by atoms with Crippen LogP contribution >= 0.6 is 0 Å². The van der Waals surface area contributed by atoms with Crippen LogP contribution < -0.4 is 0 Å². The molecule has 1 aromatic carbocycles. The molecule has 2 aromatic rings. The quantitative estimate of drug-likeness (QED) is 0.677. The van der Waals surface area contributed by atoms with Crippen LogP contribution in [0.25, 0.3) is 0 Å². The van der Waals surface area contributed by atoms with Crippen molar-refractivity contribution in [2.45, 2.75) is 58.7 Å². The maximum atomic E-state index is 5.89. The van der Waals surface area contributed by atoms with Crippen molar-refractivity contribution in [1.29, 1.82) is 0 Å². The van der Waals surface area contributed by atoms with Crippen molar-refractivity contribution >= 4 is 0 Å². The third-order valence-corrected chi connectivity index (χ3v) is 6.29. The lowest BCUT2D eigenvalue weighted by Gasteiger charge is -2.35. The summed E-state index contributed by atoms with van der Waals surface area (Å²) >= 11 is 0. The van der Waals surface area contributed by atoms with Crippen LogP contribution in [0.3, 0.4) is 0 Å². The van der Waals surface area contributed by atoms with E-state index in [1.54, 1.807) is 0 Å². The van der Waals surface area contributed by atoms with Crippen LogP contribution in [0, 0.1) is 19.8 Å². The number of ether oxygens (including phenoxy) is 1. The second kappa shape index (κ2) is 9.83. The Balaban J connectivity index is 1.30. The molecule has 1 aromatic heterocycles. The topological polar surface area (TPSA) is 54.6 Å². The number of hydrogen-bond acceptors (Lipinski definition) is 6. The summed E-state index contributed by atoms with van der Waals surface area (Å²) in [4.78, 5) is 9.50. The second-order valence-corrected chi connectivity index (χ2v) is 8.71. The molecule has 6 heteroatoms. The summed E-state index contributed by atoms with van der Waals surface area (Å²) in [5.41, 5.74) is 2.85. The molecule has 158 valence electrons. The van der Waals surface area contributed by atoms with E-state index in [0.29, 0.717) is 17.8 Å². The summed E-state index contributed by atoms with van der Waals surface area (Å²) < 4.78 is 11.3. The molecule has 1 atom stereocenters. The van der Waals surface area contributed by atoms with Gasteiger partial charge in [-0.05, 0) is 69.7 Å². The van der Waals surface area contributed by atoms with Crippen LogP contribution in [-0.4, -0.2) is 58.8 Å². The number of benzene rings is 1. The summed E-state index contributed by atoms with van der Waals surface area (Å²) in [5, 5.41) is 3.95. The van der Waals surface area contributed by atoms with Crippen molar-refractivity contribution in [3.63, 3.8) is 0 Å². The van der Waals surface area contributed by atoms with Crippen molar-refractivity contribution in [3.8, 4) is 0 Å². The molecular formula is C23H34N4O2. The summed E-state index contributed by atoms with van der Waals surface area (Å²) in [6, 6.07) is 8.75. The van der Waals surface area contributed by atoms with E-state index in [9.17, 15) is 0 Å². The highest BCUT2D eigenvalue weighted by molar-refractivity contribution is 5.25. The molecule has 0 spiro atoms. The van der Waals surface area contributed by atoms with Crippen molar-refractivity contribution < 1.29 is 9.26 Å². The number of likely N-dealkylation sites (tertiary alicyclic amines) is 1. The van der Waals surface area contributed by atoms with E-state index in [1.165, 1.54) is 43.5 Å². The van der Waals surface area contributed by atoms with Gasteiger partial charge in [0, 0.05) is 26.2 Å². The molecule has 2 aliphatic heterocycles. The highest BCUT2D eigenvalue weighted by Crippen LogP contribution is 2.23. The van der Waals surface area contributed by atoms with Crippen LogP contribution in [0.1, 0.15) is 48.5 Å². The molecule has 29 heavy (non-hydrogen) atoms. The minimum Gasteiger partial charge on any atom is -0.377 e. The van der Waals surface area contributed by atoms with Gasteiger partial charge in [0.25, 0.3) is 0 Å². The maximum Gasteiger partial charge on any atom is 0.240 e. The summed E-state index contributed by atoms with van der Waals surface area (Å²) in [6.45, 7) is 11.2. The molecule has 1 unspecified atom stereocenters. The Morgan fingerprint density at radius 1 is 1.10 bits per heavy atom. The average molecular weight is 399 g/mol. The smallest absolute Gasteiger partial charge is 0.240 e. The predicted octanol–water partition coefficient (Wildman–Crippen LogP) is 3.58. The molecule has 0 radical (unpaired) electrons. The molecule has 0 amide bonds. The molecule has 2 saturated heterocycles. The summed E-state index contributed by atoms with van der Waals surface area (Å²) in [6.07, 6.45) is 5.18. The van der Waals surface area contributed by atoms with Gasteiger partial charge in [-0.15, -0.1) is 0 Å². The van der Waals surface area contributed by atoms with Gasteiger partial charge in [0.2, 0.25) is 5.89 Å². The van der Waals surface area contributed by atoms with E-state index in [4.69, 9.17) is 9.26 Å². The predicted molar refractivity (Wildman–Crippen MR) is 112 cm³/mol. The molecule has 3 heterocycles. The molecular weight excluding hydrogens is 364 g/mol. The highest BCUT2D eigenvalue weighted by atomic mass is 16.5. The normalized spacial score (nSPS) is 21.3. The Hall–Kier alpha value is -1.76. The number of aromatic nitrogens is 2. The lowest BCUT2D eigenvalue weighted by atomic mass is 9.95. The van der Waals surface area contributed by atoms with Crippen LogP contribution in [0.4, 0.5) is 0 Å². The average Bonchev–Trinajstić information content (AvgIpc) is 3.37. The Kier molecular flexibility index (Phi) is 6.95. The Bertz CT molecular complexity index is 764. The first kappa shape index (κ1) is 20.5. The summed E-state index contributed by atoms with van der Waals surface area (Å²) in [5.74, 6) is 2.15. The Morgan fingerprint density at radius 3 is 2.62 bits per heavy atom. The molecule has 2 fully saturated rings. The number of piperidine rings is 1. The van der Waals surface area contributed by atoms with Crippen molar-refractivity contribution in [2.75, 3.05) is 32.8 Å². The molecule has 2 aliphatic rings. The van der Waals surface area contributed by atoms with Crippen LogP contribution in [-0.2, 0) is 17.8 Å². The van der Waals surface area contributed by atoms with E-state index < -0.39 is 0 Å². The molecule has 0 bridgehead atoms. The molecule has 4 rings (SSSR count).